The SMILES string of the molecule is Clc1cccc(N2CCN(c3ncnc4ccc(-c5cnn(C(c6ccccc6)(c6ccccc6)c6ccccc6)c5)cc34)CC2)c1. The molecule has 8 rings (SSSR count). The van der Waals surface area contributed by atoms with Gasteiger partial charge in [-0.3, -0.25) is 4.68 Å². The Morgan fingerprint density at radius 1 is 0.574 bits per heavy atom. The maximum absolute atomic E-state index is 6.28. The minimum absolute atomic E-state index is 0.671. The van der Waals surface area contributed by atoms with E-state index in [4.69, 9.17) is 21.7 Å². The molecule has 7 aromatic rings. The first-order chi connectivity index (χ1) is 23.2. The van der Waals surface area contributed by atoms with Crippen LogP contribution in [0.4, 0.5) is 11.5 Å². The molecule has 3 heterocycles. The normalized spacial score (nSPS) is 13.6. The first kappa shape index (κ1) is 29.0. The van der Waals surface area contributed by atoms with Gasteiger partial charge in [-0.2, -0.15) is 5.10 Å². The fourth-order valence-corrected chi connectivity index (χ4v) is 7.10. The Morgan fingerprint density at radius 2 is 1.19 bits per heavy atom. The zero-order valence-corrected chi connectivity index (χ0v) is 26.6. The van der Waals surface area contributed by atoms with Gasteiger partial charge in [0, 0.05) is 54.0 Å². The molecule has 0 unspecified atom stereocenters. The Bertz CT molecular complexity index is 2030. The molecule has 0 N–H and O–H groups in total. The minimum atomic E-state index is -0.671. The van der Waals surface area contributed by atoms with E-state index in [1.54, 1.807) is 6.33 Å². The van der Waals surface area contributed by atoms with E-state index in [0.717, 1.165) is 81.4 Å². The summed E-state index contributed by atoms with van der Waals surface area (Å²) in [7, 11) is 0. The van der Waals surface area contributed by atoms with Gasteiger partial charge >= 0.3 is 0 Å². The van der Waals surface area contributed by atoms with E-state index >= 15 is 0 Å². The Balaban J connectivity index is 1.18. The number of nitrogens with zero attached hydrogens (tertiary/aromatic N) is 6. The smallest absolute Gasteiger partial charge is 0.140 e. The molecule has 47 heavy (non-hydrogen) atoms. The van der Waals surface area contributed by atoms with Crippen LogP contribution >= 0.6 is 11.6 Å². The first-order valence-electron chi connectivity index (χ1n) is 15.9. The molecule has 0 radical (unpaired) electrons. The fourth-order valence-electron chi connectivity index (χ4n) is 6.91. The van der Waals surface area contributed by atoms with Crippen molar-refractivity contribution in [2.24, 2.45) is 0 Å². The van der Waals surface area contributed by atoms with Gasteiger partial charge in [-0.15, -0.1) is 0 Å². The van der Waals surface area contributed by atoms with Gasteiger partial charge in [0.15, 0.2) is 0 Å². The van der Waals surface area contributed by atoms with Crippen molar-refractivity contribution >= 4 is 34.0 Å². The summed E-state index contributed by atoms with van der Waals surface area (Å²) in [4.78, 5) is 14.2. The third-order valence-electron chi connectivity index (χ3n) is 9.20. The fraction of sp³-hybridized carbons (Fsp3) is 0.125. The van der Waals surface area contributed by atoms with Crippen LogP contribution in [0.3, 0.4) is 0 Å². The second-order valence-electron chi connectivity index (χ2n) is 11.9. The van der Waals surface area contributed by atoms with Gasteiger partial charge in [-0.1, -0.05) is 115 Å². The first-order valence-corrected chi connectivity index (χ1v) is 16.3. The summed E-state index contributed by atoms with van der Waals surface area (Å²) in [6, 6.07) is 46.4. The van der Waals surface area contributed by atoms with Crippen molar-refractivity contribution in [2.45, 2.75) is 5.54 Å². The Kier molecular flexibility index (Phi) is 7.63. The zero-order chi connectivity index (χ0) is 31.6. The lowest BCUT2D eigenvalue weighted by atomic mass is 9.77. The Hall–Kier alpha value is -5.46. The number of piperazine rings is 1. The van der Waals surface area contributed by atoms with Crippen LogP contribution in [0.15, 0.2) is 152 Å². The van der Waals surface area contributed by atoms with Crippen molar-refractivity contribution < 1.29 is 0 Å². The van der Waals surface area contributed by atoms with Crippen molar-refractivity contribution in [1.82, 2.24) is 19.7 Å². The predicted octanol–water partition coefficient (Wildman–Crippen LogP) is 8.31. The largest absolute Gasteiger partial charge is 0.368 e. The highest BCUT2D eigenvalue weighted by Crippen LogP contribution is 2.41. The van der Waals surface area contributed by atoms with Gasteiger partial charge in [-0.25, -0.2) is 9.97 Å². The summed E-state index contributed by atoms with van der Waals surface area (Å²) in [5.41, 5.74) is 6.92. The van der Waals surface area contributed by atoms with E-state index in [-0.39, 0.29) is 0 Å². The van der Waals surface area contributed by atoms with E-state index in [1.165, 1.54) is 0 Å². The van der Waals surface area contributed by atoms with Gasteiger partial charge < -0.3 is 9.80 Å². The number of hydrogen-bond acceptors (Lipinski definition) is 5. The predicted molar refractivity (Wildman–Crippen MR) is 191 cm³/mol. The van der Waals surface area contributed by atoms with E-state index in [9.17, 15) is 0 Å². The second kappa shape index (κ2) is 12.4. The Morgan fingerprint density at radius 3 is 1.81 bits per heavy atom. The number of fused-ring (bicyclic) bond motifs is 1. The molecule has 1 aliphatic heterocycles. The number of halogens is 1. The van der Waals surface area contributed by atoms with Crippen molar-refractivity contribution in [2.75, 3.05) is 36.0 Å². The molecule has 0 bridgehead atoms. The van der Waals surface area contributed by atoms with Crippen LogP contribution in [0, 0.1) is 0 Å². The molecule has 0 saturated carbocycles. The van der Waals surface area contributed by atoms with Crippen LogP contribution in [0.5, 0.6) is 0 Å². The van der Waals surface area contributed by atoms with Crippen LogP contribution in [-0.4, -0.2) is 45.9 Å². The molecule has 2 aromatic heterocycles. The van der Waals surface area contributed by atoms with E-state index in [0.29, 0.717) is 0 Å². The number of benzene rings is 5. The maximum atomic E-state index is 6.28. The molecule has 0 aliphatic carbocycles. The van der Waals surface area contributed by atoms with Crippen LogP contribution in [0.25, 0.3) is 22.0 Å². The monoisotopic (exact) mass is 632 g/mol. The van der Waals surface area contributed by atoms with Crippen molar-refractivity contribution in [3.8, 4) is 11.1 Å². The molecule has 7 heteroatoms. The van der Waals surface area contributed by atoms with Crippen molar-refractivity contribution in [3.05, 3.63) is 174 Å². The third kappa shape index (κ3) is 5.30. The molecule has 0 amide bonds. The molecule has 1 aliphatic rings. The third-order valence-corrected chi connectivity index (χ3v) is 9.44. The van der Waals surface area contributed by atoms with E-state index in [2.05, 4.69) is 141 Å². The van der Waals surface area contributed by atoms with Gasteiger partial charge in [0.25, 0.3) is 0 Å². The maximum Gasteiger partial charge on any atom is 0.140 e. The quantitative estimate of drug-likeness (QED) is 0.165. The lowest BCUT2D eigenvalue weighted by Gasteiger charge is -2.37. The second-order valence-corrected chi connectivity index (χ2v) is 12.3. The lowest BCUT2D eigenvalue weighted by molar-refractivity contribution is 0.460. The average molecular weight is 633 g/mol. The van der Waals surface area contributed by atoms with Gasteiger partial charge in [0.2, 0.25) is 0 Å². The number of hydrogen-bond donors (Lipinski definition) is 0. The van der Waals surface area contributed by atoms with Crippen LogP contribution in [-0.2, 0) is 5.54 Å². The van der Waals surface area contributed by atoms with Gasteiger partial charge in [0.1, 0.15) is 17.7 Å². The minimum Gasteiger partial charge on any atom is -0.368 e. The summed E-state index contributed by atoms with van der Waals surface area (Å²) in [5, 5.41) is 6.89. The van der Waals surface area contributed by atoms with Crippen LogP contribution < -0.4 is 9.80 Å². The van der Waals surface area contributed by atoms with Gasteiger partial charge in [-0.05, 0) is 52.6 Å². The van der Waals surface area contributed by atoms with E-state index < -0.39 is 5.54 Å². The summed E-state index contributed by atoms with van der Waals surface area (Å²) in [5.74, 6) is 0.960. The molecule has 5 aromatic carbocycles. The number of rotatable bonds is 7. The lowest BCUT2D eigenvalue weighted by Crippen LogP contribution is -2.46. The highest BCUT2D eigenvalue weighted by Gasteiger charge is 2.39. The topological polar surface area (TPSA) is 50.1 Å². The highest BCUT2D eigenvalue weighted by molar-refractivity contribution is 6.30. The summed E-state index contributed by atoms with van der Waals surface area (Å²) in [6.07, 6.45) is 5.81. The summed E-state index contributed by atoms with van der Waals surface area (Å²) >= 11 is 6.28. The average Bonchev–Trinajstić information content (AvgIpc) is 3.64. The standard InChI is InChI=1S/C40H33ClN6/c41-35-17-10-18-36(26-35)45-21-23-46(24-22-45)39-37-25-30(19-20-38(37)42-29-43-39)31-27-44-47(28-31)40(32-11-4-1-5-12-32,33-13-6-2-7-14-33)34-15-8-3-9-16-34/h1-20,25-29H,21-24H2. The summed E-state index contributed by atoms with van der Waals surface area (Å²) in [6.45, 7) is 3.49. The molecule has 230 valence electrons. The number of aromatic nitrogens is 4. The molecule has 6 nitrogen and oxygen atoms in total. The summed E-state index contributed by atoms with van der Waals surface area (Å²) < 4.78 is 2.12. The van der Waals surface area contributed by atoms with Crippen molar-refractivity contribution in [1.29, 1.82) is 0 Å². The zero-order valence-electron chi connectivity index (χ0n) is 25.8. The Labute approximate surface area is 279 Å². The molecule has 1 saturated heterocycles. The van der Waals surface area contributed by atoms with Crippen LogP contribution in [0.1, 0.15) is 16.7 Å². The van der Waals surface area contributed by atoms with Gasteiger partial charge in [0.05, 0.1) is 11.7 Å². The van der Waals surface area contributed by atoms with Crippen molar-refractivity contribution in [3.63, 3.8) is 0 Å². The molecule has 1 fully saturated rings. The molecular formula is C40H33ClN6. The number of anilines is 2. The molecule has 0 atom stereocenters. The molecular weight excluding hydrogens is 600 g/mol. The highest BCUT2D eigenvalue weighted by atomic mass is 35.5. The molecule has 0 spiro atoms. The van der Waals surface area contributed by atoms with Crippen LogP contribution in [0.2, 0.25) is 5.02 Å². The van der Waals surface area contributed by atoms with E-state index in [1.807, 2.05) is 24.4 Å².